The van der Waals surface area contributed by atoms with Crippen molar-refractivity contribution in [3.63, 3.8) is 0 Å². The Morgan fingerprint density at radius 3 is 2.78 bits per heavy atom. The Kier molecular flexibility index (Phi) is 8.85. The van der Waals surface area contributed by atoms with Crippen LogP contribution in [0.5, 0.6) is 5.75 Å². The number of nitrogens with two attached hydrogens (primary N) is 1. The van der Waals surface area contributed by atoms with E-state index >= 15 is 0 Å². The minimum absolute atomic E-state index is 0.198. The van der Waals surface area contributed by atoms with Crippen molar-refractivity contribution < 1.29 is 9.53 Å². The van der Waals surface area contributed by atoms with Crippen molar-refractivity contribution in [1.82, 2.24) is 29.2 Å². The van der Waals surface area contributed by atoms with Crippen LogP contribution < -0.4 is 15.8 Å². The first-order valence-electron chi connectivity index (χ1n) is 13.6. The molecule has 0 radical (unpaired) electrons. The lowest BCUT2D eigenvalue weighted by molar-refractivity contribution is -0.129. The number of anilines is 1. The molecule has 5 rings (SSSR count). The highest BCUT2D eigenvalue weighted by Gasteiger charge is 2.17. The minimum atomic E-state index is 0.198. The summed E-state index contributed by atoms with van der Waals surface area (Å²) in [6, 6.07) is 13.9. The van der Waals surface area contributed by atoms with Gasteiger partial charge in [0.15, 0.2) is 0 Å². The SMILES string of the molecule is CN=C/C(=C\N)c1ccc(CNc2cc(-c3cnc4cc(OCCN5CCC(=O)N(C)CC5)ccn34)ncn2)cc1. The molecule has 3 N–H and O–H groups in total. The van der Waals surface area contributed by atoms with Crippen molar-refractivity contribution >= 4 is 29.2 Å². The fraction of sp³-hybridized carbons (Fsp3) is 0.300. The minimum Gasteiger partial charge on any atom is -0.492 e. The molecule has 0 spiro atoms. The molecule has 0 atom stereocenters. The maximum Gasteiger partial charge on any atom is 0.223 e. The normalized spacial score (nSPS) is 15.0. The van der Waals surface area contributed by atoms with E-state index < -0.39 is 0 Å². The monoisotopic (exact) mass is 553 g/mol. The Labute approximate surface area is 239 Å². The summed E-state index contributed by atoms with van der Waals surface area (Å²) in [7, 11) is 3.58. The Morgan fingerprint density at radius 2 is 1.98 bits per heavy atom. The van der Waals surface area contributed by atoms with Crippen LogP contribution in [0.3, 0.4) is 0 Å². The highest BCUT2D eigenvalue weighted by molar-refractivity contribution is 6.09. The van der Waals surface area contributed by atoms with E-state index in [1.807, 2.05) is 48.0 Å². The summed E-state index contributed by atoms with van der Waals surface area (Å²) in [6.07, 6.45) is 9.14. The number of nitrogens with zero attached hydrogens (tertiary/aromatic N) is 7. The molecular formula is C30H35N9O2. The summed E-state index contributed by atoms with van der Waals surface area (Å²) in [5.74, 6) is 1.67. The average molecular weight is 554 g/mol. The maximum absolute atomic E-state index is 11.9. The van der Waals surface area contributed by atoms with Crippen molar-refractivity contribution in [2.24, 2.45) is 10.7 Å². The van der Waals surface area contributed by atoms with Gasteiger partial charge in [-0.15, -0.1) is 0 Å². The Hall–Kier alpha value is -4.77. The molecule has 11 nitrogen and oxygen atoms in total. The number of rotatable bonds is 10. The number of carbonyl (C=O) groups is 1. The summed E-state index contributed by atoms with van der Waals surface area (Å²) in [5.41, 5.74) is 11.1. The number of amides is 1. The number of ether oxygens (including phenoxy) is 1. The number of allylic oxidation sites excluding steroid dienone is 1. The number of imidazole rings is 1. The summed E-state index contributed by atoms with van der Waals surface area (Å²) in [6.45, 7) is 4.30. The first-order valence-corrected chi connectivity index (χ1v) is 13.6. The highest BCUT2D eigenvalue weighted by Crippen LogP contribution is 2.23. The van der Waals surface area contributed by atoms with Crippen LogP contribution in [-0.4, -0.2) is 88.2 Å². The third-order valence-corrected chi connectivity index (χ3v) is 7.12. The molecule has 1 aliphatic rings. The van der Waals surface area contributed by atoms with Crippen molar-refractivity contribution in [2.75, 3.05) is 52.2 Å². The van der Waals surface area contributed by atoms with E-state index in [2.05, 4.69) is 42.3 Å². The lowest BCUT2D eigenvalue weighted by Crippen LogP contribution is -2.32. The third kappa shape index (κ3) is 6.87. The van der Waals surface area contributed by atoms with Gasteiger partial charge in [0.25, 0.3) is 0 Å². The van der Waals surface area contributed by atoms with Crippen LogP contribution in [0.2, 0.25) is 0 Å². The number of pyridine rings is 1. The summed E-state index contributed by atoms with van der Waals surface area (Å²) in [4.78, 5) is 33.4. The van der Waals surface area contributed by atoms with Gasteiger partial charge in [-0.05, 0) is 17.2 Å². The quantitative estimate of drug-likeness (QED) is 0.287. The van der Waals surface area contributed by atoms with Gasteiger partial charge in [0.05, 0.1) is 17.6 Å². The number of likely N-dealkylation sites (N-methyl/N-ethyl adjacent to an activating group) is 1. The van der Waals surface area contributed by atoms with E-state index in [4.69, 9.17) is 10.5 Å². The van der Waals surface area contributed by atoms with Gasteiger partial charge >= 0.3 is 0 Å². The van der Waals surface area contributed by atoms with Gasteiger partial charge in [0, 0.05) is 89.6 Å². The van der Waals surface area contributed by atoms with Gasteiger partial charge in [-0.3, -0.25) is 19.1 Å². The van der Waals surface area contributed by atoms with Gasteiger partial charge in [0.2, 0.25) is 5.91 Å². The zero-order valence-electron chi connectivity index (χ0n) is 23.4. The van der Waals surface area contributed by atoms with Gasteiger partial charge in [-0.25, -0.2) is 15.0 Å². The second-order valence-electron chi connectivity index (χ2n) is 9.84. The van der Waals surface area contributed by atoms with Crippen LogP contribution in [0.1, 0.15) is 17.5 Å². The third-order valence-electron chi connectivity index (χ3n) is 7.12. The molecule has 4 aromatic rings. The molecule has 0 unspecified atom stereocenters. The fourth-order valence-corrected chi connectivity index (χ4v) is 4.68. The maximum atomic E-state index is 11.9. The van der Waals surface area contributed by atoms with Crippen LogP contribution in [0.25, 0.3) is 22.6 Å². The lowest BCUT2D eigenvalue weighted by Gasteiger charge is -2.19. The van der Waals surface area contributed by atoms with E-state index in [0.717, 1.165) is 71.5 Å². The Morgan fingerprint density at radius 1 is 1.12 bits per heavy atom. The second kappa shape index (κ2) is 13.1. The van der Waals surface area contributed by atoms with Crippen molar-refractivity contribution in [2.45, 2.75) is 13.0 Å². The molecule has 1 saturated heterocycles. The molecule has 0 bridgehead atoms. The molecule has 1 aliphatic heterocycles. The van der Waals surface area contributed by atoms with E-state index in [9.17, 15) is 4.79 Å². The summed E-state index contributed by atoms with van der Waals surface area (Å²) < 4.78 is 8.00. The zero-order valence-corrected chi connectivity index (χ0v) is 23.4. The number of aromatic nitrogens is 4. The number of aliphatic imine (C=N–C) groups is 1. The van der Waals surface area contributed by atoms with Crippen LogP contribution in [0, 0.1) is 0 Å². The van der Waals surface area contributed by atoms with Gasteiger partial charge in [-0.2, -0.15) is 0 Å². The van der Waals surface area contributed by atoms with Crippen molar-refractivity contribution in [3.8, 4) is 17.1 Å². The number of carbonyl (C=O) groups excluding carboxylic acids is 1. The summed E-state index contributed by atoms with van der Waals surface area (Å²) >= 11 is 0. The molecule has 1 aromatic carbocycles. The Balaban J connectivity index is 1.19. The predicted molar refractivity (Wildman–Crippen MR) is 161 cm³/mol. The van der Waals surface area contributed by atoms with Crippen LogP contribution >= 0.6 is 0 Å². The average Bonchev–Trinajstić information content (AvgIpc) is 3.36. The van der Waals surface area contributed by atoms with E-state index in [-0.39, 0.29) is 5.91 Å². The molecule has 1 fully saturated rings. The molecule has 4 heterocycles. The number of nitrogens with one attached hydrogen (secondary N) is 1. The van der Waals surface area contributed by atoms with E-state index in [1.54, 1.807) is 36.9 Å². The van der Waals surface area contributed by atoms with Gasteiger partial charge in [0.1, 0.15) is 30.1 Å². The topological polar surface area (TPSA) is 126 Å². The zero-order chi connectivity index (χ0) is 28.6. The van der Waals surface area contributed by atoms with Crippen molar-refractivity contribution in [1.29, 1.82) is 0 Å². The lowest BCUT2D eigenvalue weighted by atomic mass is 10.1. The fourth-order valence-electron chi connectivity index (χ4n) is 4.68. The Bertz CT molecular complexity index is 1550. The molecule has 212 valence electrons. The molecule has 0 aliphatic carbocycles. The smallest absolute Gasteiger partial charge is 0.223 e. The molecule has 11 heteroatoms. The van der Waals surface area contributed by atoms with Crippen LogP contribution in [0.15, 0.2) is 72.4 Å². The van der Waals surface area contributed by atoms with Crippen molar-refractivity contribution in [3.05, 3.63) is 78.5 Å². The molecular weight excluding hydrogens is 518 g/mol. The predicted octanol–water partition coefficient (Wildman–Crippen LogP) is 2.95. The van der Waals surface area contributed by atoms with Crippen LogP contribution in [-0.2, 0) is 11.3 Å². The summed E-state index contributed by atoms with van der Waals surface area (Å²) in [5, 5.41) is 3.38. The number of hydrogen-bond acceptors (Lipinski definition) is 9. The number of fused-ring (bicyclic) bond motifs is 1. The standard InChI is InChI=1S/C30H35N9O2/c1-32-19-24(17-31)23-5-3-22(4-6-23)18-33-28-16-26(35-21-36-28)27-20-34-29-15-25(7-10-39(27)29)41-14-13-38-9-8-30(40)37(2)11-12-38/h3-7,10,15-17,19-21H,8-9,11-14,18,31H2,1-2H3,(H,33,35,36)/b24-17+,32-19?. The van der Waals surface area contributed by atoms with E-state index in [1.165, 1.54) is 0 Å². The van der Waals surface area contributed by atoms with E-state index in [0.29, 0.717) is 19.6 Å². The van der Waals surface area contributed by atoms with Gasteiger partial charge in [-0.1, -0.05) is 24.3 Å². The first-order chi connectivity index (χ1) is 20.0. The second-order valence-corrected chi connectivity index (χ2v) is 9.84. The molecule has 1 amide bonds. The first kappa shape index (κ1) is 27.8. The van der Waals surface area contributed by atoms with Crippen LogP contribution in [0.4, 0.5) is 5.82 Å². The number of hydrogen-bond donors (Lipinski definition) is 2. The highest BCUT2D eigenvalue weighted by atomic mass is 16.5. The van der Waals surface area contributed by atoms with Gasteiger partial charge < -0.3 is 20.7 Å². The molecule has 0 saturated carbocycles. The molecule has 41 heavy (non-hydrogen) atoms. The molecule has 3 aromatic heterocycles. The largest absolute Gasteiger partial charge is 0.492 e. The number of benzene rings is 1.